The summed E-state index contributed by atoms with van der Waals surface area (Å²) in [7, 11) is 0. The van der Waals surface area contributed by atoms with E-state index in [2.05, 4.69) is 20.1 Å². The number of likely N-dealkylation sites (tertiary alicyclic amines) is 1. The molecule has 0 radical (unpaired) electrons. The summed E-state index contributed by atoms with van der Waals surface area (Å²) in [5.74, 6) is 0.318. The van der Waals surface area contributed by atoms with E-state index < -0.39 is 6.10 Å². The van der Waals surface area contributed by atoms with Crippen LogP contribution in [0, 0.1) is 5.82 Å². The molecule has 2 aromatic heterocycles. The van der Waals surface area contributed by atoms with Gasteiger partial charge < -0.3 is 10.5 Å². The van der Waals surface area contributed by atoms with Crippen LogP contribution in [0.5, 0.6) is 5.75 Å². The van der Waals surface area contributed by atoms with Crippen molar-refractivity contribution in [2.24, 2.45) is 0 Å². The molecular weight excluding hydrogens is 512 g/mol. The molecule has 0 saturated carbocycles. The lowest BCUT2D eigenvalue weighted by atomic mass is 10.0. The lowest BCUT2D eigenvalue weighted by Crippen LogP contribution is -2.29. The molecule has 192 valence electrons. The second-order valence-electron chi connectivity index (χ2n) is 9.34. The molecule has 1 aliphatic heterocycles. The van der Waals surface area contributed by atoms with E-state index in [1.54, 1.807) is 24.3 Å². The molecule has 0 spiro atoms. The summed E-state index contributed by atoms with van der Waals surface area (Å²) in [5, 5.41) is 9.11. The summed E-state index contributed by atoms with van der Waals surface area (Å²) in [6.45, 7) is 4.60. The number of hydrogen-bond acceptors (Lipinski definition) is 5. The van der Waals surface area contributed by atoms with Crippen LogP contribution in [-0.4, -0.2) is 33.2 Å². The molecule has 1 fully saturated rings. The van der Waals surface area contributed by atoms with E-state index in [-0.39, 0.29) is 5.82 Å². The molecule has 9 heteroatoms. The molecule has 3 N–H and O–H groups in total. The van der Waals surface area contributed by atoms with Gasteiger partial charge in [-0.05, 0) is 80.9 Å². The van der Waals surface area contributed by atoms with Gasteiger partial charge in [-0.15, -0.1) is 0 Å². The number of pyridine rings is 1. The average Bonchev–Trinajstić information content (AvgIpc) is 3.28. The van der Waals surface area contributed by atoms with Gasteiger partial charge in [-0.25, -0.2) is 4.39 Å². The number of benzene rings is 2. The fraction of sp³-hybridized carbons (Fsp3) is 0.286. The van der Waals surface area contributed by atoms with Crippen molar-refractivity contribution in [3.05, 3.63) is 81.0 Å². The zero-order valence-corrected chi connectivity index (χ0v) is 22.0. The lowest BCUT2D eigenvalue weighted by Gasteiger charge is -2.27. The van der Waals surface area contributed by atoms with Crippen molar-refractivity contribution in [2.75, 3.05) is 18.8 Å². The van der Waals surface area contributed by atoms with Gasteiger partial charge in [0, 0.05) is 41.1 Å². The molecule has 0 amide bonds. The number of halogens is 3. The monoisotopic (exact) mass is 539 g/mol. The van der Waals surface area contributed by atoms with Gasteiger partial charge in [-0.2, -0.15) is 5.10 Å². The van der Waals surface area contributed by atoms with Gasteiger partial charge in [0.15, 0.2) is 0 Å². The van der Waals surface area contributed by atoms with Crippen molar-refractivity contribution in [3.63, 3.8) is 0 Å². The van der Waals surface area contributed by atoms with E-state index in [0.29, 0.717) is 44.8 Å². The number of aromatic amines is 1. The van der Waals surface area contributed by atoms with E-state index in [0.717, 1.165) is 29.6 Å². The Morgan fingerprint density at radius 2 is 1.86 bits per heavy atom. The SMILES string of the molecule is CC(Oc1ccc2[nH]nc(/C=C/c3cc(N)c(CN4CCCCC4)cc3F)c2c1)c1c(Cl)cncc1Cl. The number of ether oxygens (including phenoxy) is 1. The molecule has 1 unspecified atom stereocenters. The maximum Gasteiger partial charge on any atom is 0.130 e. The van der Waals surface area contributed by atoms with Gasteiger partial charge >= 0.3 is 0 Å². The first-order valence-electron chi connectivity index (χ1n) is 12.3. The zero-order chi connectivity index (χ0) is 25.9. The minimum atomic E-state index is -0.396. The Bertz CT molecular complexity index is 1430. The second-order valence-corrected chi connectivity index (χ2v) is 10.2. The molecule has 5 rings (SSSR count). The summed E-state index contributed by atoms with van der Waals surface area (Å²) in [6.07, 6.45) is 9.76. The smallest absolute Gasteiger partial charge is 0.130 e. The van der Waals surface area contributed by atoms with Crippen LogP contribution in [-0.2, 0) is 6.54 Å². The first-order valence-corrected chi connectivity index (χ1v) is 13.1. The largest absolute Gasteiger partial charge is 0.486 e. The third-order valence-corrected chi connectivity index (χ3v) is 7.30. The number of fused-ring (bicyclic) bond motifs is 1. The van der Waals surface area contributed by atoms with Crippen LogP contribution in [0.3, 0.4) is 0 Å². The molecule has 4 aromatic rings. The molecule has 0 aliphatic carbocycles. The van der Waals surface area contributed by atoms with Gasteiger partial charge in [-0.3, -0.25) is 15.0 Å². The highest BCUT2D eigenvalue weighted by Crippen LogP contribution is 2.33. The Morgan fingerprint density at radius 1 is 1.11 bits per heavy atom. The number of nitrogen functional groups attached to an aromatic ring is 1. The van der Waals surface area contributed by atoms with Crippen molar-refractivity contribution in [2.45, 2.75) is 38.8 Å². The molecule has 37 heavy (non-hydrogen) atoms. The second kappa shape index (κ2) is 11.1. The third kappa shape index (κ3) is 5.74. The van der Waals surface area contributed by atoms with Gasteiger partial charge in [0.2, 0.25) is 0 Å². The molecule has 0 bridgehead atoms. The van der Waals surface area contributed by atoms with Crippen molar-refractivity contribution >= 4 is 51.9 Å². The maximum absolute atomic E-state index is 15.0. The van der Waals surface area contributed by atoms with Crippen LogP contribution >= 0.6 is 23.2 Å². The Morgan fingerprint density at radius 3 is 2.62 bits per heavy atom. The summed E-state index contributed by atoms with van der Waals surface area (Å²) < 4.78 is 21.1. The van der Waals surface area contributed by atoms with Crippen LogP contribution in [0.25, 0.3) is 23.1 Å². The van der Waals surface area contributed by atoms with Crippen molar-refractivity contribution in [1.82, 2.24) is 20.1 Å². The van der Waals surface area contributed by atoms with Crippen molar-refractivity contribution in [3.8, 4) is 5.75 Å². The Kier molecular flexibility index (Phi) is 7.65. The number of nitrogens with two attached hydrogens (primary N) is 1. The van der Waals surface area contributed by atoms with E-state index in [4.69, 9.17) is 33.7 Å². The Labute approximate surface area is 225 Å². The highest BCUT2D eigenvalue weighted by molar-refractivity contribution is 6.35. The lowest BCUT2D eigenvalue weighted by molar-refractivity contribution is 0.221. The van der Waals surface area contributed by atoms with Crippen LogP contribution in [0.2, 0.25) is 10.0 Å². The summed E-state index contributed by atoms with van der Waals surface area (Å²) in [4.78, 5) is 6.32. The van der Waals surface area contributed by atoms with Gasteiger partial charge in [0.05, 0.1) is 21.3 Å². The highest BCUT2D eigenvalue weighted by atomic mass is 35.5. The van der Waals surface area contributed by atoms with E-state index in [1.807, 2.05) is 25.1 Å². The minimum absolute atomic E-state index is 0.304. The van der Waals surface area contributed by atoms with Crippen LogP contribution in [0.1, 0.15) is 54.7 Å². The van der Waals surface area contributed by atoms with Gasteiger partial charge in [0.1, 0.15) is 17.7 Å². The number of aromatic nitrogens is 3. The number of piperidine rings is 1. The standard InChI is InChI=1S/C28H28Cl2FN5O/c1-17(28-22(29)14-33-15-23(28)30)37-20-6-8-27-21(13-20)26(34-35-27)7-5-18-12-25(32)19(11-24(18)31)16-36-9-3-2-4-10-36/h5-8,11-15,17H,2-4,9-10,16,32H2,1H3,(H,34,35)/b7-5+. The predicted octanol–water partition coefficient (Wildman–Crippen LogP) is 7.28. The van der Waals surface area contributed by atoms with Crippen molar-refractivity contribution < 1.29 is 9.13 Å². The van der Waals surface area contributed by atoms with Gasteiger partial charge in [0.25, 0.3) is 0 Å². The third-order valence-electron chi connectivity index (χ3n) is 6.70. The summed E-state index contributed by atoms with van der Waals surface area (Å²) in [5.41, 5.74) is 10.3. The number of hydrogen-bond donors (Lipinski definition) is 2. The average molecular weight is 540 g/mol. The normalized spacial score (nSPS) is 15.5. The molecule has 6 nitrogen and oxygen atoms in total. The highest BCUT2D eigenvalue weighted by Gasteiger charge is 2.17. The fourth-order valence-corrected chi connectivity index (χ4v) is 5.40. The first-order chi connectivity index (χ1) is 17.9. The first kappa shape index (κ1) is 25.5. The fourth-order valence-electron chi connectivity index (χ4n) is 4.73. The number of rotatable bonds is 7. The van der Waals surface area contributed by atoms with Crippen LogP contribution in [0.4, 0.5) is 10.1 Å². The molecular formula is C28H28Cl2FN5O. The number of H-pyrrole nitrogens is 1. The topological polar surface area (TPSA) is 80.1 Å². The Balaban J connectivity index is 1.35. The predicted molar refractivity (Wildman–Crippen MR) is 148 cm³/mol. The van der Waals surface area contributed by atoms with Crippen molar-refractivity contribution in [1.29, 1.82) is 0 Å². The molecule has 1 aliphatic rings. The molecule has 1 atom stereocenters. The maximum atomic E-state index is 15.0. The van der Waals surface area contributed by atoms with Gasteiger partial charge in [-0.1, -0.05) is 29.6 Å². The molecule has 3 heterocycles. The van der Waals surface area contributed by atoms with E-state index >= 15 is 0 Å². The summed E-state index contributed by atoms with van der Waals surface area (Å²) in [6, 6.07) is 8.85. The van der Waals surface area contributed by atoms with E-state index in [1.165, 1.54) is 31.7 Å². The van der Waals surface area contributed by atoms with Crippen LogP contribution < -0.4 is 10.5 Å². The number of nitrogens with one attached hydrogen (secondary N) is 1. The molecule has 2 aromatic carbocycles. The quantitative estimate of drug-likeness (QED) is 0.241. The zero-order valence-electron chi connectivity index (χ0n) is 20.5. The van der Waals surface area contributed by atoms with Crippen LogP contribution in [0.15, 0.2) is 42.7 Å². The van der Waals surface area contributed by atoms with E-state index in [9.17, 15) is 4.39 Å². The summed E-state index contributed by atoms with van der Waals surface area (Å²) >= 11 is 12.6. The minimum Gasteiger partial charge on any atom is -0.486 e. The number of nitrogens with zero attached hydrogens (tertiary/aromatic N) is 3. The Hall–Kier alpha value is -3.13. The number of anilines is 1. The molecule has 1 saturated heterocycles.